The first-order valence-corrected chi connectivity index (χ1v) is 11.7. The zero-order valence-corrected chi connectivity index (χ0v) is 20.2. The number of hydrogen-bond donors (Lipinski definition) is 2. The Hall–Kier alpha value is -4.21. The van der Waals surface area contributed by atoms with E-state index in [0.29, 0.717) is 48.3 Å². The lowest BCUT2D eigenvalue weighted by molar-refractivity contribution is -0.133. The molecule has 1 aliphatic rings. The highest BCUT2D eigenvalue weighted by Gasteiger charge is 2.23. The lowest BCUT2D eigenvalue weighted by Crippen LogP contribution is -2.32. The van der Waals surface area contributed by atoms with Gasteiger partial charge in [-0.05, 0) is 55.5 Å². The molecule has 0 spiro atoms. The zero-order valence-electron chi connectivity index (χ0n) is 20.2. The molecular formula is C26H28N4O6. The number of allylic oxidation sites excluding steroid dienone is 1. The fourth-order valence-corrected chi connectivity index (χ4v) is 3.83. The molecule has 0 bridgehead atoms. The van der Waals surface area contributed by atoms with E-state index < -0.39 is 11.9 Å². The minimum Gasteiger partial charge on any atom is -0.497 e. The van der Waals surface area contributed by atoms with Crippen LogP contribution in [-0.2, 0) is 22.6 Å². The molecular weight excluding hydrogens is 464 g/mol. The Morgan fingerprint density at radius 1 is 1.11 bits per heavy atom. The topological polar surface area (TPSA) is 137 Å². The third-order valence-electron chi connectivity index (χ3n) is 5.93. The van der Waals surface area contributed by atoms with E-state index >= 15 is 0 Å². The van der Waals surface area contributed by atoms with E-state index in [1.165, 1.54) is 0 Å². The second kappa shape index (κ2) is 11.5. The van der Waals surface area contributed by atoms with Crippen molar-refractivity contribution in [1.29, 1.82) is 0 Å². The molecule has 0 radical (unpaired) electrons. The maximum absolute atomic E-state index is 12.6. The summed E-state index contributed by atoms with van der Waals surface area (Å²) in [5, 5.41) is 16.1. The maximum atomic E-state index is 12.6. The summed E-state index contributed by atoms with van der Waals surface area (Å²) in [7, 11) is 1.62. The molecule has 1 unspecified atom stereocenters. The average Bonchev–Trinajstić information content (AvgIpc) is 3.36. The van der Waals surface area contributed by atoms with Crippen molar-refractivity contribution in [3.05, 3.63) is 65.3 Å². The Morgan fingerprint density at radius 3 is 2.56 bits per heavy atom. The van der Waals surface area contributed by atoms with Gasteiger partial charge >= 0.3 is 5.97 Å². The van der Waals surface area contributed by atoms with Crippen molar-refractivity contribution >= 4 is 11.9 Å². The molecule has 10 heteroatoms. The fraction of sp³-hybridized carbons (Fsp3) is 0.346. The van der Waals surface area contributed by atoms with Gasteiger partial charge in [-0.25, -0.2) is 9.78 Å². The van der Waals surface area contributed by atoms with Gasteiger partial charge in [0.15, 0.2) is 0 Å². The van der Waals surface area contributed by atoms with Gasteiger partial charge in [-0.15, -0.1) is 0 Å². The summed E-state index contributed by atoms with van der Waals surface area (Å²) in [6.45, 7) is 2.12. The average molecular weight is 493 g/mol. The number of aliphatic carboxylic acids is 1. The van der Waals surface area contributed by atoms with Crippen molar-refractivity contribution in [2.75, 3.05) is 7.11 Å². The van der Waals surface area contributed by atoms with E-state index in [0.717, 1.165) is 24.2 Å². The van der Waals surface area contributed by atoms with Gasteiger partial charge in [-0.3, -0.25) is 4.79 Å². The van der Waals surface area contributed by atoms with E-state index in [2.05, 4.69) is 20.4 Å². The molecule has 0 saturated heterocycles. The summed E-state index contributed by atoms with van der Waals surface area (Å²) in [6, 6.07) is 11.1. The predicted molar refractivity (Wildman–Crippen MR) is 129 cm³/mol. The first-order chi connectivity index (χ1) is 17.4. The molecule has 10 nitrogen and oxygen atoms in total. The van der Waals surface area contributed by atoms with Crippen molar-refractivity contribution in [1.82, 2.24) is 20.4 Å². The molecule has 36 heavy (non-hydrogen) atoms. The monoisotopic (exact) mass is 492 g/mol. The third kappa shape index (κ3) is 6.26. The largest absolute Gasteiger partial charge is 0.497 e. The van der Waals surface area contributed by atoms with E-state index in [1.54, 1.807) is 32.4 Å². The van der Waals surface area contributed by atoms with Crippen LogP contribution in [0.25, 0.3) is 11.5 Å². The van der Waals surface area contributed by atoms with E-state index in [4.69, 9.17) is 14.0 Å². The molecule has 2 N–H and O–H groups in total. The lowest BCUT2D eigenvalue weighted by atomic mass is 9.95. The van der Waals surface area contributed by atoms with Crippen LogP contribution >= 0.6 is 0 Å². The lowest BCUT2D eigenvalue weighted by Gasteiger charge is -2.20. The molecule has 0 fully saturated rings. The number of hydrogen-bond acceptors (Lipinski definition) is 8. The number of methoxy groups -OCH3 is 1. The summed E-state index contributed by atoms with van der Waals surface area (Å²) in [5.74, 6) is 0.248. The highest BCUT2D eigenvalue weighted by Crippen LogP contribution is 2.24. The molecule has 3 aromatic rings. The molecule has 0 aliphatic heterocycles. The maximum Gasteiger partial charge on any atom is 0.333 e. The SMILES string of the molecule is COc1ccc(COc2ccc(-c3noc(CC(C)C(=O)NC4=C(C(=O)O)CCCC4)n3)nc2)cc1. The van der Waals surface area contributed by atoms with Gasteiger partial charge in [0.05, 0.1) is 18.9 Å². The van der Waals surface area contributed by atoms with Gasteiger partial charge in [0.2, 0.25) is 17.6 Å². The smallest absolute Gasteiger partial charge is 0.333 e. The molecule has 1 aromatic carbocycles. The summed E-state index contributed by atoms with van der Waals surface area (Å²) in [4.78, 5) is 32.8. The summed E-state index contributed by atoms with van der Waals surface area (Å²) < 4.78 is 16.2. The Morgan fingerprint density at radius 2 is 1.86 bits per heavy atom. The Balaban J connectivity index is 1.32. The molecule has 1 amide bonds. The van der Waals surface area contributed by atoms with Crippen molar-refractivity contribution in [3.63, 3.8) is 0 Å². The summed E-state index contributed by atoms with van der Waals surface area (Å²) >= 11 is 0. The first-order valence-electron chi connectivity index (χ1n) is 11.7. The quantitative estimate of drug-likeness (QED) is 0.431. The molecule has 1 aliphatic carbocycles. The van der Waals surface area contributed by atoms with Gasteiger partial charge in [0.25, 0.3) is 0 Å². The Bertz CT molecular complexity index is 1230. The van der Waals surface area contributed by atoms with Gasteiger partial charge in [-0.2, -0.15) is 4.98 Å². The Labute approximate surface area is 208 Å². The second-order valence-electron chi connectivity index (χ2n) is 8.59. The number of aromatic nitrogens is 3. The number of pyridine rings is 1. The number of nitrogens with one attached hydrogen (secondary N) is 1. The van der Waals surface area contributed by atoms with E-state index in [1.807, 2.05) is 24.3 Å². The summed E-state index contributed by atoms with van der Waals surface area (Å²) in [5.41, 5.74) is 2.29. The number of carbonyl (C=O) groups excluding carboxylic acids is 1. The number of amides is 1. The van der Waals surface area contributed by atoms with Crippen LogP contribution in [0.2, 0.25) is 0 Å². The third-order valence-corrected chi connectivity index (χ3v) is 5.93. The van der Waals surface area contributed by atoms with Gasteiger partial charge in [0, 0.05) is 18.0 Å². The van der Waals surface area contributed by atoms with Crippen molar-refractivity contribution in [3.8, 4) is 23.0 Å². The van der Waals surface area contributed by atoms with Crippen LogP contribution in [0.5, 0.6) is 11.5 Å². The predicted octanol–water partition coefficient (Wildman–Crippen LogP) is 3.93. The normalized spacial score (nSPS) is 14.3. The van der Waals surface area contributed by atoms with Crippen LogP contribution in [0.4, 0.5) is 0 Å². The molecule has 1 atom stereocenters. The van der Waals surface area contributed by atoms with Gasteiger partial charge < -0.3 is 24.4 Å². The highest BCUT2D eigenvalue weighted by molar-refractivity contribution is 5.89. The van der Waals surface area contributed by atoms with Crippen LogP contribution in [0.1, 0.15) is 44.1 Å². The number of ether oxygens (including phenoxy) is 2. The van der Waals surface area contributed by atoms with Crippen LogP contribution in [0.15, 0.2) is 58.4 Å². The van der Waals surface area contributed by atoms with Crippen LogP contribution in [0.3, 0.4) is 0 Å². The van der Waals surface area contributed by atoms with Crippen LogP contribution in [-0.4, -0.2) is 39.2 Å². The standard InChI is InChI=1S/C26H28N4O6/c1-16(25(31)28-21-6-4-3-5-20(21)26(32)33)13-23-29-24(30-36-23)22-12-11-19(14-27-22)35-15-17-7-9-18(34-2)10-8-17/h7-12,14,16H,3-6,13,15H2,1-2H3,(H,28,31)(H,32,33). The number of nitrogens with zero attached hydrogens (tertiary/aromatic N) is 3. The highest BCUT2D eigenvalue weighted by atomic mass is 16.5. The number of carbonyl (C=O) groups is 2. The van der Waals surface area contributed by atoms with Crippen LogP contribution < -0.4 is 14.8 Å². The number of carboxylic acid groups (broad SMARTS) is 1. The van der Waals surface area contributed by atoms with Crippen molar-refractivity contribution < 1.29 is 28.7 Å². The Kier molecular flexibility index (Phi) is 7.94. The fourth-order valence-electron chi connectivity index (χ4n) is 3.83. The minimum atomic E-state index is -0.983. The number of benzene rings is 1. The molecule has 4 rings (SSSR count). The minimum absolute atomic E-state index is 0.220. The second-order valence-corrected chi connectivity index (χ2v) is 8.59. The number of carboxylic acids is 1. The van der Waals surface area contributed by atoms with E-state index in [-0.39, 0.29) is 17.9 Å². The number of rotatable bonds is 10. The van der Waals surface area contributed by atoms with E-state index in [9.17, 15) is 14.7 Å². The summed E-state index contributed by atoms with van der Waals surface area (Å²) in [6.07, 6.45) is 4.48. The first kappa shape index (κ1) is 24.9. The van der Waals surface area contributed by atoms with Crippen molar-refractivity contribution in [2.24, 2.45) is 5.92 Å². The van der Waals surface area contributed by atoms with Gasteiger partial charge in [-0.1, -0.05) is 24.2 Å². The van der Waals surface area contributed by atoms with Gasteiger partial charge in [0.1, 0.15) is 23.8 Å². The molecule has 0 saturated carbocycles. The molecule has 2 aromatic heterocycles. The molecule has 188 valence electrons. The zero-order chi connectivity index (χ0) is 25.5. The van der Waals surface area contributed by atoms with Crippen molar-refractivity contribution in [2.45, 2.75) is 45.6 Å². The van der Waals surface area contributed by atoms with Crippen LogP contribution in [0, 0.1) is 5.92 Å². The molecule has 2 heterocycles.